The van der Waals surface area contributed by atoms with Gasteiger partial charge in [-0.15, -0.1) is 0 Å². The molecule has 1 aliphatic carbocycles. The third kappa shape index (κ3) is 2.77. The van der Waals surface area contributed by atoms with E-state index >= 15 is 0 Å². The highest BCUT2D eigenvalue weighted by atomic mass is 32.2. The van der Waals surface area contributed by atoms with Crippen LogP contribution in [-0.2, 0) is 4.79 Å². The minimum atomic E-state index is -0.875. The molecule has 0 bridgehead atoms. The summed E-state index contributed by atoms with van der Waals surface area (Å²) in [5.41, 5.74) is 2.07. The third-order valence-electron chi connectivity index (χ3n) is 3.97. The van der Waals surface area contributed by atoms with Crippen LogP contribution in [0.15, 0.2) is 17.3 Å². The highest BCUT2D eigenvalue weighted by Crippen LogP contribution is 2.42. The Morgan fingerprint density at radius 3 is 2.90 bits per heavy atom. The van der Waals surface area contributed by atoms with Crippen LogP contribution in [0.1, 0.15) is 31.4 Å². The van der Waals surface area contributed by atoms with Crippen molar-refractivity contribution in [2.45, 2.75) is 37.9 Å². The summed E-state index contributed by atoms with van der Waals surface area (Å²) >= 11 is 1.20. The number of thioether (sulfide) groups is 1. The summed E-state index contributed by atoms with van der Waals surface area (Å²) in [4.78, 5) is 15.2. The molecule has 1 unspecified atom stereocenters. The normalized spacial score (nSPS) is 16.3. The zero-order chi connectivity index (χ0) is 15.1. The van der Waals surface area contributed by atoms with E-state index in [9.17, 15) is 9.18 Å². The monoisotopic (exact) mass is 308 g/mol. The van der Waals surface area contributed by atoms with Gasteiger partial charge in [0, 0.05) is 12.1 Å². The van der Waals surface area contributed by atoms with Gasteiger partial charge in [0.2, 0.25) is 0 Å². The number of rotatable bonds is 5. The molecule has 1 N–H and O–H groups in total. The molecule has 1 heterocycles. The van der Waals surface area contributed by atoms with Gasteiger partial charge in [-0.3, -0.25) is 4.79 Å². The third-order valence-corrected chi connectivity index (χ3v) is 4.91. The van der Waals surface area contributed by atoms with Gasteiger partial charge in [0.25, 0.3) is 0 Å². The number of aromatic nitrogens is 2. The van der Waals surface area contributed by atoms with E-state index in [1.807, 2.05) is 0 Å². The van der Waals surface area contributed by atoms with Crippen molar-refractivity contribution in [3.8, 4) is 0 Å². The summed E-state index contributed by atoms with van der Waals surface area (Å²) in [5, 5.41) is 9.53. The predicted molar refractivity (Wildman–Crippen MR) is 80.2 cm³/mol. The van der Waals surface area contributed by atoms with Gasteiger partial charge in [-0.05, 0) is 44.2 Å². The Morgan fingerprint density at radius 2 is 2.29 bits per heavy atom. The van der Waals surface area contributed by atoms with Crippen LogP contribution in [0.2, 0.25) is 0 Å². The zero-order valence-electron chi connectivity index (χ0n) is 12.0. The number of imidazole rings is 1. The zero-order valence-corrected chi connectivity index (χ0v) is 12.8. The van der Waals surface area contributed by atoms with Crippen molar-refractivity contribution in [3.63, 3.8) is 0 Å². The molecule has 3 rings (SSSR count). The fourth-order valence-corrected chi connectivity index (χ4v) is 3.43. The quantitative estimate of drug-likeness (QED) is 0.857. The number of hydrogen-bond acceptors (Lipinski definition) is 3. The summed E-state index contributed by atoms with van der Waals surface area (Å²) in [6.45, 7) is 3.86. The van der Waals surface area contributed by atoms with Crippen molar-refractivity contribution in [2.24, 2.45) is 5.92 Å². The number of carboxylic acids is 1. The van der Waals surface area contributed by atoms with Crippen LogP contribution >= 0.6 is 11.8 Å². The first-order valence-corrected chi connectivity index (χ1v) is 7.98. The SMILES string of the molecule is Cc1cc2c(cc1F)nc(SCC(=O)O)n2C(C)C1CC1. The van der Waals surface area contributed by atoms with Gasteiger partial charge in [-0.25, -0.2) is 9.37 Å². The highest BCUT2D eigenvalue weighted by Gasteiger charge is 2.31. The molecule has 0 spiro atoms. The Labute approximate surface area is 126 Å². The summed E-state index contributed by atoms with van der Waals surface area (Å²) in [6, 6.07) is 3.50. The molecule has 0 radical (unpaired) electrons. The molecule has 0 saturated heterocycles. The number of carboxylic acid groups (broad SMARTS) is 1. The van der Waals surface area contributed by atoms with E-state index in [1.54, 1.807) is 13.0 Å². The van der Waals surface area contributed by atoms with Crippen LogP contribution in [0.3, 0.4) is 0 Å². The molecule has 1 aliphatic rings. The van der Waals surface area contributed by atoms with E-state index in [0.717, 1.165) is 5.52 Å². The molecular formula is C15H17FN2O2S. The van der Waals surface area contributed by atoms with E-state index in [0.29, 0.717) is 22.2 Å². The summed E-state index contributed by atoms with van der Waals surface area (Å²) in [6.07, 6.45) is 2.37. The van der Waals surface area contributed by atoms with Crippen molar-refractivity contribution < 1.29 is 14.3 Å². The van der Waals surface area contributed by atoms with E-state index < -0.39 is 5.97 Å². The molecule has 1 atom stereocenters. The summed E-state index contributed by atoms with van der Waals surface area (Å²) in [5.74, 6) is -0.583. The lowest BCUT2D eigenvalue weighted by Crippen LogP contribution is -2.10. The molecule has 2 aromatic rings. The lowest BCUT2D eigenvalue weighted by Gasteiger charge is -2.16. The van der Waals surface area contributed by atoms with Crippen LogP contribution in [0.4, 0.5) is 4.39 Å². The van der Waals surface area contributed by atoms with Crippen molar-refractivity contribution >= 4 is 28.8 Å². The minimum Gasteiger partial charge on any atom is -0.481 e. The molecule has 0 amide bonds. The fraction of sp³-hybridized carbons (Fsp3) is 0.467. The smallest absolute Gasteiger partial charge is 0.313 e. The van der Waals surface area contributed by atoms with E-state index in [-0.39, 0.29) is 17.6 Å². The maximum absolute atomic E-state index is 13.7. The Morgan fingerprint density at radius 1 is 1.57 bits per heavy atom. The topological polar surface area (TPSA) is 55.1 Å². The average Bonchev–Trinajstić information content (AvgIpc) is 3.20. The Kier molecular flexibility index (Phi) is 3.65. The number of halogens is 1. The minimum absolute atomic E-state index is 0.0395. The number of fused-ring (bicyclic) bond motifs is 1. The second kappa shape index (κ2) is 5.33. The first kappa shape index (κ1) is 14.4. The van der Waals surface area contributed by atoms with Crippen molar-refractivity contribution in [2.75, 3.05) is 5.75 Å². The van der Waals surface area contributed by atoms with E-state index in [2.05, 4.69) is 16.5 Å². The van der Waals surface area contributed by atoms with Gasteiger partial charge >= 0.3 is 5.97 Å². The second-order valence-corrected chi connectivity index (χ2v) is 6.56. The van der Waals surface area contributed by atoms with Crippen molar-refractivity contribution in [1.82, 2.24) is 9.55 Å². The molecule has 0 aliphatic heterocycles. The van der Waals surface area contributed by atoms with Gasteiger partial charge in [0.15, 0.2) is 5.16 Å². The highest BCUT2D eigenvalue weighted by molar-refractivity contribution is 7.99. The lowest BCUT2D eigenvalue weighted by atomic mass is 10.1. The van der Waals surface area contributed by atoms with E-state index in [1.165, 1.54) is 30.7 Å². The van der Waals surface area contributed by atoms with Crippen LogP contribution in [0, 0.1) is 18.7 Å². The molecule has 112 valence electrons. The first-order chi connectivity index (χ1) is 9.97. The van der Waals surface area contributed by atoms with Gasteiger partial charge in [-0.1, -0.05) is 11.8 Å². The van der Waals surface area contributed by atoms with Crippen LogP contribution < -0.4 is 0 Å². The second-order valence-electron chi connectivity index (χ2n) is 5.61. The number of nitrogens with zero attached hydrogens (tertiary/aromatic N) is 2. The largest absolute Gasteiger partial charge is 0.481 e. The van der Waals surface area contributed by atoms with E-state index in [4.69, 9.17) is 5.11 Å². The number of benzene rings is 1. The molecular weight excluding hydrogens is 291 g/mol. The fourth-order valence-electron chi connectivity index (χ4n) is 2.61. The van der Waals surface area contributed by atoms with Gasteiger partial charge in [0.05, 0.1) is 16.8 Å². The molecule has 21 heavy (non-hydrogen) atoms. The van der Waals surface area contributed by atoms with Crippen LogP contribution in [-0.4, -0.2) is 26.4 Å². The van der Waals surface area contributed by atoms with Gasteiger partial charge in [0.1, 0.15) is 5.82 Å². The number of aryl methyl sites for hydroxylation is 1. The first-order valence-electron chi connectivity index (χ1n) is 7.00. The van der Waals surface area contributed by atoms with Gasteiger partial charge < -0.3 is 9.67 Å². The van der Waals surface area contributed by atoms with Crippen LogP contribution in [0.25, 0.3) is 11.0 Å². The molecule has 1 aromatic heterocycles. The summed E-state index contributed by atoms with van der Waals surface area (Å²) < 4.78 is 15.8. The predicted octanol–water partition coefficient (Wildman–Crippen LogP) is 3.63. The number of hydrogen-bond donors (Lipinski definition) is 1. The molecule has 1 aromatic carbocycles. The van der Waals surface area contributed by atoms with Crippen LogP contribution in [0.5, 0.6) is 0 Å². The molecule has 1 fully saturated rings. The Bertz CT molecular complexity index is 709. The average molecular weight is 308 g/mol. The van der Waals surface area contributed by atoms with Gasteiger partial charge in [-0.2, -0.15) is 0 Å². The van der Waals surface area contributed by atoms with Crippen molar-refractivity contribution in [1.29, 1.82) is 0 Å². The standard InChI is InChI=1S/C15H17FN2O2S/c1-8-5-13-12(6-11(8)16)17-15(21-7-14(19)20)18(13)9(2)10-3-4-10/h5-6,9-10H,3-4,7H2,1-2H3,(H,19,20). The maximum atomic E-state index is 13.7. The maximum Gasteiger partial charge on any atom is 0.313 e. The Balaban J connectivity index is 2.10. The summed E-state index contributed by atoms with van der Waals surface area (Å²) in [7, 11) is 0. The van der Waals surface area contributed by atoms with Crippen molar-refractivity contribution in [3.05, 3.63) is 23.5 Å². The Hall–Kier alpha value is -1.56. The number of carbonyl (C=O) groups is 1. The molecule has 6 heteroatoms. The molecule has 4 nitrogen and oxygen atoms in total. The molecule has 1 saturated carbocycles. The number of aliphatic carboxylic acids is 1. The lowest BCUT2D eigenvalue weighted by molar-refractivity contribution is -0.133.